The largest absolute Gasteiger partial charge is 0.496 e. The fourth-order valence-electron chi connectivity index (χ4n) is 2.08. The molecule has 1 aromatic carbocycles. The van der Waals surface area contributed by atoms with Gasteiger partial charge in [0.05, 0.1) is 26.4 Å². The highest BCUT2D eigenvalue weighted by Gasteiger charge is 2.24. The number of morpholine rings is 1. The molecular weight excluding hydrogens is 216 g/mol. The highest BCUT2D eigenvalue weighted by atomic mass is 16.5. The Labute approximate surface area is 101 Å². The molecule has 4 heteroatoms. The van der Waals surface area contributed by atoms with Gasteiger partial charge in [-0.2, -0.15) is 5.26 Å². The molecule has 17 heavy (non-hydrogen) atoms. The zero-order valence-corrected chi connectivity index (χ0v) is 9.93. The lowest BCUT2D eigenvalue weighted by Gasteiger charge is -2.31. The van der Waals surface area contributed by atoms with E-state index in [1.54, 1.807) is 7.11 Å². The minimum atomic E-state index is -0.255. The van der Waals surface area contributed by atoms with Crippen molar-refractivity contribution in [3.8, 4) is 11.8 Å². The van der Waals surface area contributed by atoms with Crippen LogP contribution >= 0.6 is 0 Å². The third-order valence-corrected chi connectivity index (χ3v) is 2.97. The third-order valence-electron chi connectivity index (χ3n) is 2.97. The molecular formula is C13H16N2O2. The molecule has 1 heterocycles. The van der Waals surface area contributed by atoms with Gasteiger partial charge in [0, 0.05) is 18.7 Å². The molecule has 2 rings (SSSR count). The van der Waals surface area contributed by atoms with Crippen LogP contribution in [-0.2, 0) is 4.74 Å². The van der Waals surface area contributed by atoms with E-state index in [0.717, 1.165) is 24.4 Å². The van der Waals surface area contributed by atoms with Crippen LogP contribution in [0.2, 0.25) is 0 Å². The minimum absolute atomic E-state index is 0.255. The summed E-state index contributed by atoms with van der Waals surface area (Å²) in [5.74, 6) is 0.769. The fraction of sp³-hybridized carbons (Fsp3) is 0.462. The first-order chi connectivity index (χ1) is 8.36. The van der Waals surface area contributed by atoms with Crippen molar-refractivity contribution < 1.29 is 9.47 Å². The van der Waals surface area contributed by atoms with Crippen molar-refractivity contribution in [2.24, 2.45) is 0 Å². The van der Waals surface area contributed by atoms with Gasteiger partial charge in [-0.15, -0.1) is 0 Å². The zero-order valence-electron chi connectivity index (χ0n) is 9.93. The van der Waals surface area contributed by atoms with Crippen molar-refractivity contribution >= 4 is 0 Å². The first-order valence-corrected chi connectivity index (χ1v) is 5.71. The number of benzene rings is 1. The Bertz CT molecular complexity index is 408. The Hall–Kier alpha value is -1.57. The maximum Gasteiger partial charge on any atom is 0.127 e. The van der Waals surface area contributed by atoms with E-state index >= 15 is 0 Å². The average Bonchev–Trinajstić information content (AvgIpc) is 2.41. The van der Waals surface area contributed by atoms with Gasteiger partial charge in [0.1, 0.15) is 11.8 Å². The molecule has 0 radical (unpaired) electrons. The van der Waals surface area contributed by atoms with Gasteiger partial charge in [0.25, 0.3) is 0 Å². The van der Waals surface area contributed by atoms with E-state index in [2.05, 4.69) is 11.0 Å². The summed E-state index contributed by atoms with van der Waals surface area (Å²) in [6, 6.07) is 9.78. The normalized spacial score (nSPS) is 18.4. The third kappa shape index (κ3) is 2.57. The summed E-state index contributed by atoms with van der Waals surface area (Å²) in [4.78, 5) is 2.13. The average molecular weight is 232 g/mol. The van der Waals surface area contributed by atoms with Crippen molar-refractivity contribution in [1.29, 1.82) is 5.26 Å². The van der Waals surface area contributed by atoms with Crippen LogP contribution in [0.4, 0.5) is 0 Å². The number of nitrogens with zero attached hydrogens (tertiary/aromatic N) is 2. The Balaban J connectivity index is 2.25. The summed E-state index contributed by atoms with van der Waals surface area (Å²) < 4.78 is 10.6. The Morgan fingerprint density at radius 1 is 1.35 bits per heavy atom. The number of nitriles is 1. The lowest BCUT2D eigenvalue weighted by Crippen LogP contribution is -2.38. The van der Waals surface area contributed by atoms with Crippen LogP contribution in [0, 0.1) is 11.3 Å². The Morgan fingerprint density at radius 3 is 2.71 bits per heavy atom. The van der Waals surface area contributed by atoms with Crippen molar-refractivity contribution in [2.75, 3.05) is 33.4 Å². The second kappa shape index (κ2) is 5.67. The van der Waals surface area contributed by atoms with Crippen molar-refractivity contribution in [3.05, 3.63) is 29.8 Å². The Morgan fingerprint density at radius 2 is 2.06 bits per heavy atom. The first-order valence-electron chi connectivity index (χ1n) is 5.71. The van der Waals surface area contributed by atoms with Crippen molar-refractivity contribution in [2.45, 2.75) is 6.04 Å². The molecule has 0 amide bonds. The summed E-state index contributed by atoms with van der Waals surface area (Å²) in [6.45, 7) is 2.95. The van der Waals surface area contributed by atoms with Gasteiger partial charge in [-0.05, 0) is 6.07 Å². The molecule has 0 aliphatic carbocycles. The smallest absolute Gasteiger partial charge is 0.127 e. The summed E-state index contributed by atoms with van der Waals surface area (Å²) in [5.41, 5.74) is 0.930. The molecule has 1 fully saturated rings. The standard InChI is InChI=1S/C13H16N2O2/c1-16-13-5-3-2-4-11(13)12(10-14)15-6-8-17-9-7-15/h2-5,12H,6-9H2,1H3. The van der Waals surface area contributed by atoms with E-state index in [4.69, 9.17) is 9.47 Å². The van der Waals surface area contributed by atoms with Gasteiger partial charge in [-0.25, -0.2) is 0 Å². The number of methoxy groups -OCH3 is 1. The van der Waals surface area contributed by atoms with Crippen molar-refractivity contribution in [3.63, 3.8) is 0 Å². The van der Waals surface area contributed by atoms with E-state index in [-0.39, 0.29) is 6.04 Å². The number of rotatable bonds is 3. The second-order valence-corrected chi connectivity index (χ2v) is 3.92. The predicted octanol–water partition coefficient (Wildman–Crippen LogP) is 1.59. The monoisotopic (exact) mass is 232 g/mol. The quantitative estimate of drug-likeness (QED) is 0.794. The van der Waals surface area contributed by atoms with Crippen LogP contribution in [0.15, 0.2) is 24.3 Å². The first kappa shape index (κ1) is 11.9. The topological polar surface area (TPSA) is 45.5 Å². The molecule has 1 aliphatic rings. The van der Waals surface area contributed by atoms with Crippen LogP contribution < -0.4 is 4.74 Å². The van der Waals surface area contributed by atoms with Gasteiger partial charge < -0.3 is 9.47 Å². The summed E-state index contributed by atoms with van der Waals surface area (Å²) >= 11 is 0. The van der Waals surface area contributed by atoms with E-state index in [1.807, 2.05) is 24.3 Å². The molecule has 0 N–H and O–H groups in total. The van der Waals surface area contributed by atoms with Crippen LogP contribution in [-0.4, -0.2) is 38.3 Å². The molecule has 1 aliphatic heterocycles. The highest BCUT2D eigenvalue weighted by Crippen LogP contribution is 2.29. The van der Waals surface area contributed by atoms with Crippen LogP contribution in [0.1, 0.15) is 11.6 Å². The molecule has 0 bridgehead atoms. The van der Waals surface area contributed by atoms with Gasteiger partial charge in [0.2, 0.25) is 0 Å². The van der Waals surface area contributed by atoms with Crippen LogP contribution in [0.25, 0.3) is 0 Å². The van der Waals surface area contributed by atoms with E-state index in [0.29, 0.717) is 13.2 Å². The van der Waals surface area contributed by atoms with Gasteiger partial charge >= 0.3 is 0 Å². The lowest BCUT2D eigenvalue weighted by molar-refractivity contribution is 0.0263. The molecule has 1 atom stereocenters. The van der Waals surface area contributed by atoms with Crippen LogP contribution in [0.5, 0.6) is 5.75 Å². The zero-order chi connectivity index (χ0) is 12.1. The number of ether oxygens (including phenoxy) is 2. The molecule has 1 unspecified atom stereocenters. The van der Waals surface area contributed by atoms with Gasteiger partial charge in [-0.3, -0.25) is 4.90 Å². The molecule has 1 aromatic rings. The summed E-state index contributed by atoms with van der Waals surface area (Å²) in [6.07, 6.45) is 0. The second-order valence-electron chi connectivity index (χ2n) is 3.92. The maximum atomic E-state index is 9.36. The SMILES string of the molecule is COc1ccccc1C(C#N)N1CCOCC1. The highest BCUT2D eigenvalue weighted by molar-refractivity contribution is 5.38. The van der Waals surface area contributed by atoms with E-state index in [1.165, 1.54) is 0 Å². The van der Waals surface area contributed by atoms with Crippen molar-refractivity contribution in [1.82, 2.24) is 4.90 Å². The predicted molar refractivity (Wildman–Crippen MR) is 63.7 cm³/mol. The molecule has 0 aromatic heterocycles. The fourth-order valence-corrected chi connectivity index (χ4v) is 2.08. The molecule has 0 spiro atoms. The molecule has 0 saturated carbocycles. The van der Waals surface area contributed by atoms with E-state index < -0.39 is 0 Å². The van der Waals surface area contributed by atoms with E-state index in [9.17, 15) is 5.26 Å². The van der Waals surface area contributed by atoms with Crippen LogP contribution in [0.3, 0.4) is 0 Å². The maximum absolute atomic E-state index is 9.36. The molecule has 90 valence electrons. The Kier molecular flexibility index (Phi) is 3.97. The number of hydrogen-bond acceptors (Lipinski definition) is 4. The lowest BCUT2D eigenvalue weighted by atomic mass is 10.0. The van der Waals surface area contributed by atoms with Gasteiger partial charge in [0.15, 0.2) is 0 Å². The number of para-hydroxylation sites is 1. The summed E-state index contributed by atoms with van der Waals surface area (Å²) in [7, 11) is 1.63. The molecule has 1 saturated heterocycles. The van der Waals surface area contributed by atoms with Gasteiger partial charge in [-0.1, -0.05) is 18.2 Å². The summed E-state index contributed by atoms with van der Waals surface area (Å²) in [5, 5.41) is 9.36. The molecule has 4 nitrogen and oxygen atoms in total. The number of hydrogen-bond donors (Lipinski definition) is 0. The minimum Gasteiger partial charge on any atom is -0.496 e.